The first kappa shape index (κ1) is 21.1. The van der Waals surface area contributed by atoms with Crippen molar-refractivity contribution in [3.8, 4) is 5.75 Å². The molecule has 0 radical (unpaired) electrons. The molecule has 2 amide bonds. The van der Waals surface area contributed by atoms with Crippen molar-refractivity contribution in [1.29, 1.82) is 0 Å². The van der Waals surface area contributed by atoms with Crippen LogP contribution >= 0.6 is 12.2 Å². The van der Waals surface area contributed by atoms with E-state index in [9.17, 15) is 9.59 Å². The highest BCUT2D eigenvalue weighted by Gasteiger charge is 2.15. The SMILES string of the molecule is C=CCNC(=O)c1ccccc1NC(=S)NC(=O)c1ccccc1OCCC. The van der Waals surface area contributed by atoms with Gasteiger partial charge in [0, 0.05) is 6.54 Å². The van der Waals surface area contributed by atoms with E-state index in [0.29, 0.717) is 35.7 Å². The number of carbonyl (C=O) groups excluding carboxylic acids is 2. The molecule has 0 heterocycles. The lowest BCUT2D eigenvalue weighted by Gasteiger charge is -2.14. The van der Waals surface area contributed by atoms with Gasteiger partial charge in [-0.25, -0.2) is 0 Å². The smallest absolute Gasteiger partial charge is 0.261 e. The largest absolute Gasteiger partial charge is 0.493 e. The molecule has 0 spiro atoms. The summed E-state index contributed by atoms with van der Waals surface area (Å²) in [6.45, 7) is 6.43. The average molecular weight is 398 g/mol. The van der Waals surface area contributed by atoms with Crippen molar-refractivity contribution in [2.45, 2.75) is 13.3 Å². The lowest BCUT2D eigenvalue weighted by atomic mass is 10.1. The van der Waals surface area contributed by atoms with E-state index in [1.807, 2.05) is 6.92 Å². The lowest BCUT2D eigenvalue weighted by molar-refractivity contribution is 0.0955. The molecule has 0 bridgehead atoms. The zero-order valence-corrected chi connectivity index (χ0v) is 16.5. The van der Waals surface area contributed by atoms with E-state index in [0.717, 1.165) is 6.42 Å². The molecule has 146 valence electrons. The zero-order valence-electron chi connectivity index (χ0n) is 15.7. The summed E-state index contributed by atoms with van der Waals surface area (Å²) in [6, 6.07) is 13.8. The van der Waals surface area contributed by atoms with Gasteiger partial charge in [0.15, 0.2) is 5.11 Å². The quantitative estimate of drug-likeness (QED) is 0.469. The highest BCUT2D eigenvalue weighted by atomic mass is 32.1. The minimum Gasteiger partial charge on any atom is -0.493 e. The first-order chi connectivity index (χ1) is 13.6. The van der Waals surface area contributed by atoms with Crippen LogP contribution in [0, 0.1) is 0 Å². The highest BCUT2D eigenvalue weighted by molar-refractivity contribution is 7.80. The maximum Gasteiger partial charge on any atom is 0.261 e. The molecule has 0 aliphatic heterocycles. The Labute approximate surface area is 170 Å². The van der Waals surface area contributed by atoms with Gasteiger partial charge in [0.1, 0.15) is 5.75 Å². The summed E-state index contributed by atoms with van der Waals surface area (Å²) < 4.78 is 5.61. The van der Waals surface area contributed by atoms with Crippen molar-refractivity contribution in [2.75, 3.05) is 18.5 Å². The maximum atomic E-state index is 12.6. The topological polar surface area (TPSA) is 79.5 Å². The first-order valence-corrected chi connectivity index (χ1v) is 9.30. The Morgan fingerprint density at radius 3 is 2.46 bits per heavy atom. The van der Waals surface area contributed by atoms with Crippen molar-refractivity contribution in [2.24, 2.45) is 0 Å². The van der Waals surface area contributed by atoms with Gasteiger partial charge < -0.3 is 15.4 Å². The molecule has 2 aromatic carbocycles. The summed E-state index contributed by atoms with van der Waals surface area (Å²) in [6.07, 6.45) is 2.43. The molecular formula is C21H23N3O3S. The van der Waals surface area contributed by atoms with Gasteiger partial charge in [0.2, 0.25) is 0 Å². The minimum absolute atomic E-state index is 0.0827. The molecule has 6 nitrogen and oxygen atoms in total. The van der Waals surface area contributed by atoms with Crippen molar-refractivity contribution in [3.63, 3.8) is 0 Å². The van der Waals surface area contributed by atoms with Crippen molar-refractivity contribution in [3.05, 3.63) is 72.3 Å². The van der Waals surface area contributed by atoms with Crippen LogP contribution in [0.1, 0.15) is 34.1 Å². The van der Waals surface area contributed by atoms with Crippen LogP contribution in [0.25, 0.3) is 0 Å². The predicted octanol–water partition coefficient (Wildman–Crippen LogP) is 3.52. The molecule has 0 saturated heterocycles. The van der Waals surface area contributed by atoms with Gasteiger partial charge in [-0.3, -0.25) is 14.9 Å². The summed E-state index contributed by atoms with van der Waals surface area (Å²) in [5, 5.41) is 8.32. The van der Waals surface area contributed by atoms with E-state index in [1.165, 1.54) is 0 Å². The second-order valence-corrected chi connectivity index (χ2v) is 6.21. The average Bonchev–Trinajstić information content (AvgIpc) is 2.70. The van der Waals surface area contributed by atoms with E-state index in [4.69, 9.17) is 17.0 Å². The molecule has 0 unspecified atom stereocenters. The van der Waals surface area contributed by atoms with Crippen molar-refractivity contribution < 1.29 is 14.3 Å². The predicted molar refractivity (Wildman–Crippen MR) is 115 cm³/mol. The fourth-order valence-corrected chi connectivity index (χ4v) is 2.57. The van der Waals surface area contributed by atoms with Gasteiger partial charge >= 0.3 is 0 Å². The Morgan fingerprint density at radius 2 is 1.75 bits per heavy atom. The van der Waals surface area contributed by atoms with Crippen LogP contribution < -0.4 is 20.7 Å². The van der Waals surface area contributed by atoms with E-state index in [1.54, 1.807) is 54.6 Å². The minimum atomic E-state index is -0.391. The van der Waals surface area contributed by atoms with Crippen LogP contribution in [0.5, 0.6) is 5.75 Å². The molecule has 0 aliphatic rings. The van der Waals surface area contributed by atoms with Crippen LogP contribution in [0.4, 0.5) is 5.69 Å². The van der Waals surface area contributed by atoms with Gasteiger partial charge in [-0.2, -0.15) is 0 Å². The zero-order chi connectivity index (χ0) is 20.4. The van der Waals surface area contributed by atoms with Gasteiger partial charge in [-0.15, -0.1) is 6.58 Å². The standard InChI is InChI=1S/C21H23N3O3S/c1-3-13-22-19(25)15-9-5-7-11-17(15)23-21(28)24-20(26)16-10-6-8-12-18(16)27-14-4-2/h3,5-12H,1,4,13-14H2,2H3,(H,22,25)(H2,23,24,26,28). The van der Waals surface area contributed by atoms with Crippen LogP contribution in [0.2, 0.25) is 0 Å². The van der Waals surface area contributed by atoms with Crippen LogP contribution in [-0.2, 0) is 0 Å². The Kier molecular flexibility index (Phi) is 8.17. The fourth-order valence-electron chi connectivity index (χ4n) is 2.37. The van der Waals surface area contributed by atoms with Crippen LogP contribution in [-0.4, -0.2) is 30.1 Å². The molecule has 0 aromatic heterocycles. The molecule has 0 fully saturated rings. The molecule has 2 rings (SSSR count). The lowest BCUT2D eigenvalue weighted by Crippen LogP contribution is -2.35. The van der Waals surface area contributed by atoms with E-state index >= 15 is 0 Å². The second-order valence-electron chi connectivity index (χ2n) is 5.80. The summed E-state index contributed by atoms with van der Waals surface area (Å²) >= 11 is 5.24. The molecular weight excluding hydrogens is 374 g/mol. The number of benzene rings is 2. The number of para-hydroxylation sites is 2. The summed E-state index contributed by atoms with van der Waals surface area (Å²) in [7, 11) is 0. The Hall–Kier alpha value is -3.19. The van der Waals surface area contributed by atoms with Crippen LogP contribution in [0.3, 0.4) is 0 Å². The summed E-state index contributed by atoms with van der Waals surface area (Å²) in [4.78, 5) is 24.8. The maximum absolute atomic E-state index is 12.6. The Bertz CT molecular complexity index is 867. The number of carbonyl (C=O) groups is 2. The molecule has 28 heavy (non-hydrogen) atoms. The summed E-state index contributed by atoms with van der Waals surface area (Å²) in [5.41, 5.74) is 1.29. The van der Waals surface area contributed by atoms with Crippen molar-refractivity contribution >= 4 is 34.8 Å². The first-order valence-electron chi connectivity index (χ1n) is 8.89. The number of hydrogen-bond acceptors (Lipinski definition) is 4. The van der Waals surface area contributed by atoms with Crippen LogP contribution in [0.15, 0.2) is 61.2 Å². The number of amides is 2. The monoisotopic (exact) mass is 397 g/mol. The number of ether oxygens (including phenoxy) is 1. The third-order valence-electron chi connectivity index (χ3n) is 3.65. The van der Waals surface area contributed by atoms with Gasteiger partial charge in [-0.1, -0.05) is 37.3 Å². The second kappa shape index (κ2) is 10.8. The molecule has 2 aromatic rings. The van der Waals surface area contributed by atoms with E-state index < -0.39 is 5.91 Å². The third kappa shape index (κ3) is 5.92. The molecule has 0 saturated carbocycles. The number of nitrogens with one attached hydrogen (secondary N) is 3. The fraction of sp³-hybridized carbons (Fsp3) is 0.190. The normalized spacial score (nSPS) is 9.89. The molecule has 3 N–H and O–H groups in total. The molecule has 7 heteroatoms. The number of thiocarbonyl (C=S) groups is 1. The Morgan fingerprint density at radius 1 is 1.07 bits per heavy atom. The number of rotatable bonds is 8. The molecule has 0 aliphatic carbocycles. The summed E-state index contributed by atoms with van der Waals surface area (Å²) in [5.74, 6) is -0.165. The molecule has 0 atom stereocenters. The number of hydrogen-bond donors (Lipinski definition) is 3. The van der Waals surface area contributed by atoms with E-state index in [2.05, 4.69) is 22.5 Å². The van der Waals surface area contributed by atoms with Gasteiger partial charge in [0.05, 0.1) is 23.4 Å². The highest BCUT2D eigenvalue weighted by Crippen LogP contribution is 2.19. The van der Waals surface area contributed by atoms with Gasteiger partial charge in [0.25, 0.3) is 11.8 Å². The van der Waals surface area contributed by atoms with Gasteiger partial charge in [-0.05, 0) is 42.9 Å². The Balaban J connectivity index is 2.08. The van der Waals surface area contributed by atoms with Crippen molar-refractivity contribution in [1.82, 2.24) is 10.6 Å². The van der Waals surface area contributed by atoms with E-state index in [-0.39, 0.29) is 11.0 Å². The number of anilines is 1. The third-order valence-corrected chi connectivity index (χ3v) is 3.85.